The normalized spacial score (nSPS) is 18.4. The van der Waals surface area contributed by atoms with E-state index in [0.29, 0.717) is 43.2 Å². The van der Waals surface area contributed by atoms with E-state index in [1.165, 1.54) is 4.31 Å². The van der Waals surface area contributed by atoms with Gasteiger partial charge in [0.25, 0.3) is 0 Å². The van der Waals surface area contributed by atoms with E-state index in [0.717, 1.165) is 23.1 Å². The van der Waals surface area contributed by atoms with Crippen molar-refractivity contribution in [3.05, 3.63) is 47.5 Å². The summed E-state index contributed by atoms with van der Waals surface area (Å²) in [6.07, 6.45) is 2.39. The minimum Gasteiger partial charge on any atom is -0.487 e. The van der Waals surface area contributed by atoms with Crippen molar-refractivity contribution in [3.63, 3.8) is 0 Å². The Hall–Kier alpha value is -2.94. The molecular weight excluding hydrogens is 456 g/mol. The maximum atomic E-state index is 12.8. The summed E-state index contributed by atoms with van der Waals surface area (Å²) in [5.74, 6) is 1.78. The minimum atomic E-state index is -3.54. The van der Waals surface area contributed by atoms with E-state index < -0.39 is 15.6 Å². The van der Waals surface area contributed by atoms with Gasteiger partial charge < -0.3 is 19.5 Å². The second-order valence-electron chi connectivity index (χ2n) is 9.49. The maximum absolute atomic E-state index is 12.8. The van der Waals surface area contributed by atoms with Crippen LogP contribution in [0, 0.1) is 6.92 Å². The lowest BCUT2D eigenvalue weighted by molar-refractivity contribution is -0.122. The highest BCUT2D eigenvalue weighted by Gasteiger charge is 2.34. The zero-order valence-corrected chi connectivity index (χ0v) is 20.9. The Labute approximate surface area is 201 Å². The molecule has 1 atom stereocenters. The van der Waals surface area contributed by atoms with Gasteiger partial charge in [0, 0.05) is 31.0 Å². The number of sulfonamides is 1. The van der Waals surface area contributed by atoms with Crippen molar-refractivity contribution in [2.45, 2.75) is 51.7 Å². The summed E-state index contributed by atoms with van der Waals surface area (Å²) in [6.45, 7) is 7.09. The third-order valence-corrected chi connectivity index (χ3v) is 7.13. The zero-order chi connectivity index (χ0) is 24.5. The molecule has 2 aromatic carbocycles. The molecular formula is C25H32N2O6S. The molecule has 0 spiro atoms. The second kappa shape index (κ2) is 9.37. The Morgan fingerprint density at radius 2 is 1.79 bits per heavy atom. The highest BCUT2D eigenvalue weighted by molar-refractivity contribution is 7.92. The summed E-state index contributed by atoms with van der Waals surface area (Å²) in [6, 6.07) is 10.9. The molecule has 0 saturated heterocycles. The monoisotopic (exact) mass is 488 g/mol. The lowest BCUT2D eigenvalue weighted by atomic mass is 9.89. The number of fused-ring (bicyclic) bond motifs is 2. The van der Waals surface area contributed by atoms with E-state index in [4.69, 9.17) is 14.2 Å². The molecule has 2 aliphatic rings. The fraction of sp³-hybridized carbons (Fsp3) is 0.480. The molecule has 8 nitrogen and oxygen atoms in total. The van der Waals surface area contributed by atoms with Gasteiger partial charge in [-0.2, -0.15) is 0 Å². The summed E-state index contributed by atoms with van der Waals surface area (Å²) in [4.78, 5) is 12.8. The van der Waals surface area contributed by atoms with E-state index in [-0.39, 0.29) is 24.9 Å². The van der Waals surface area contributed by atoms with E-state index >= 15 is 0 Å². The molecule has 0 aromatic heterocycles. The van der Waals surface area contributed by atoms with Gasteiger partial charge in [-0.25, -0.2) is 8.42 Å². The van der Waals surface area contributed by atoms with Crippen LogP contribution in [0.1, 0.15) is 50.3 Å². The van der Waals surface area contributed by atoms with Crippen LogP contribution >= 0.6 is 0 Å². The van der Waals surface area contributed by atoms with Crippen molar-refractivity contribution in [1.29, 1.82) is 0 Å². The van der Waals surface area contributed by atoms with Crippen molar-refractivity contribution in [2.75, 3.05) is 30.3 Å². The average molecular weight is 489 g/mol. The predicted octanol–water partition coefficient (Wildman–Crippen LogP) is 3.73. The second-order valence-corrected chi connectivity index (χ2v) is 11.4. The number of amides is 1. The van der Waals surface area contributed by atoms with Gasteiger partial charge >= 0.3 is 0 Å². The number of hydrogen-bond acceptors (Lipinski definition) is 6. The smallest absolute Gasteiger partial charge is 0.232 e. The Kier molecular flexibility index (Phi) is 6.66. The average Bonchev–Trinajstić information content (AvgIpc) is 2.75. The summed E-state index contributed by atoms with van der Waals surface area (Å²) in [5.41, 5.74) is 2.17. The highest BCUT2D eigenvalue weighted by atomic mass is 32.2. The summed E-state index contributed by atoms with van der Waals surface area (Å²) in [7, 11) is -3.54. The first-order valence-corrected chi connectivity index (χ1v) is 13.3. The van der Waals surface area contributed by atoms with Crippen LogP contribution in [0.5, 0.6) is 17.2 Å². The van der Waals surface area contributed by atoms with E-state index in [2.05, 4.69) is 5.32 Å². The van der Waals surface area contributed by atoms with Crippen LogP contribution in [0.3, 0.4) is 0 Å². The molecule has 4 rings (SSSR count). The Morgan fingerprint density at radius 3 is 2.53 bits per heavy atom. The molecule has 0 unspecified atom stereocenters. The molecule has 9 heteroatoms. The highest BCUT2D eigenvalue weighted by Crippen LogP contribution is 2.40. The molecule has 2 aromatic rings. The van der Waals surface area contributed by atoms with E-state index in [1.54, 1.807) is 18.2 Å². The van der Waals surface area contributed by atoms with Gasteiger partial charge in [0.05, 0.1) is 18.0 Å². The summed E-state index contributed by atoms with van der Waals surface area (Å²) >= 11 is 0. The lowest BCUT2D eigenvalue weighted by Gasteiger charge is -2.38. The number of hydrogen-bond donors (Lipinski definition) is 1. The third kappa shape index (κ3) is 5.58. The number of nitrogens with one attached hydrogen (secondary N) is 1. The van der Waals surface area contributed by atoms with Crippen molar-refractivity contribution in [2.24, 2.45) is 0 Å². The van der Waals surface area contributed by atoms with E-state index in [1.807, 2.05) is 39.0 Å². The van der Waals surface area contributed by atoms with Crippen LogP contribution in [-0.2, 0) is 14.8 Å². The van der Waals surface area contributed by atoms with Gasteiger partial charge in [-0.05, 0) is 45.4 Å². The van der Waals surface area contributed by atoms with Gasteiger partial charge in [-0.1, -0.05) is 17.7 Å². The number of ether oxygens (including phenoxy) is 3. The number of carbonyl (C=O) groups excluding carboxylic acids is 1. The fourth-order valence-corrected chi connectivity index (χ4v) is 5.38. The zero-order valence-electron chi connectivity index (χ0n) is 20.1. The standard InChI is InChI=1S/C25H32N2O6S/c1-17-7-9-21-19(14-17)20(16-25(2,3)33-21)26-24(28)6-5-11-27(34(4,29)30)18-8-10-22-23(15-18)32-13-12-31-22/h7-10,14-15,20H,5-6,11-13,16H2,1-4H3,(H,26,28)/t20-/m1/s1. The molecule has 2 aliphatic heterocycles. The number of anilines is 1. The topological polar surface area (TPSA) is 94.2 Å². The van der Waals surface area contributed by atoms with Gasteiger partial charge in [-0.3, -0.25) is 9.10 Å². The first-order chi connectivity index (χ1) is 16.0. The molecule has 0 bridgehead atoms. The van der Waals surface area contributed by atoms with Crippen LogP contribution < -0.4 is 23.8 Å². The molecule has 2 heterocycles. The SMILES string of the molecule is Cc1ccc2c(c1)[C@H](NC(=O)CCCN(c1ccc3c(c1)OCCO3)S(C)(=O)=O)CC(C)(C)O2. The van der Waals surface area contributed by atoms with Crippen LogP contribution in [0.2, 0.25) is 0 Å². The van der Waals surface area contributed by atoms with Crippen LogP contribution in [0.4, 0.5) is 5.69 Å². The van der Waals surface area contributed by atoms with Gasteiger partial charge in [0.15, 0.2) is 11.5 Å². The number of nitrogens with zero attached hydrogens (tertiary/aromatic N) is 1. The quantitative estimate of drug-likeness (QED) is 0.638. The molecule has 0 aliphatic carbocycles. The number of benzene rings is 2. The molecule has 0 saturated carbocycles. The first kappa shape index (κ1) is 24.2. The van der Waals surface area contributed by atoms with Gasteiger partial charge in [0.1, 0.15) is 24.6 Å². The number of carbonyl (C=O) groups is 1. The number of rotatable bonds is 7. The summed E-state index contributed by atoms with van der Waals surface area (Å²) < 4.78 is 43.4. The number of aryl methyl sites for hydroxylation is 1. The fourth-order valence-electron chi connectivity index (χ4n) is 4.43. The maximum Gasteiger partial charge on any atom is 0.232 e. The van der Waals surface area contributed by atoms with Gasteiger partial charge in [-0.15, -0.1) is 0 Å². The molecule has 1 amide bonds. The molecule has 0 fully saturated rings. The Bertz CT molecular complexity index is 1180. The van der Waals surface area contributed by atoms with Crippen molar-refractivity contribution >= 4 is 21.6 Å². The van der Waals surface area contributed by atoms with Crippen molar-refractivity contribution < 1.29 is 27.4 Å². The van der Waals surface area contributed by atoms with Crippen LogP contribution in [0.25, 0.3) is 0 Å². The van der Waals surface area contributed by atoms with Crippen LogP contribution in [0.15, 0.2) is 36.4 Å². The van der Waals surface area contributed by atoms with Crippen LogP contribution in [-0.4, -0.2) is 45.9 Å². The molecule has 1 N–H and O–H groups in total. The third-order valence-electron chi connectivity index (χ3n) is 5.94. The van der Waals surface area contributed by atoms with Crippen molar-refractivity contribution in [3.8, 4) is 17.2 Å². The van der Waals surface area contributed by atoms with Crippen molar-refractivity contribution in [1.82, 2.24) is 5.32 Å². The molecule has 0 radical (unpaired) electrons. The Morgan fingerprint density at radius 1 is 1.09 bits per heavy atom. The first-order valence-electron chi connectivity index (χ1n) is 11.5. The largest absolute Gasteiger partial charge is 0.487 e. The van der Waals surface area contributed by atoms with E-state index in [9.17, 15) is 13.2 Å². The molecule has 34 heavy (non-hydrogen) atoms. The Balaban J connectivity index is 1.41. The summed E-state index contributed by atoms with van der Waals surface area (Å²) in [5, 5.41) is 3.13. The minimum absolute atomic E-state index is 0.120. The predicted molar refractivity (Wildman–Crippen MR) is 130 cm³/mol. The van der Waals surface area contributed by atoms with Gasteiger partial charge in [0.2, 0.25) is 15.9 Å². The lowest BCUT2D eigenvalue weighted by Crippen LogP contribution is -2.41. The molecule has 184 valence electrons.